The molecule has 7 nitrogen and oxygen atoms in total. The first-order valence-electron chi connectivity index (χ1n) is 10.00. The fourth-order valence-electron chi connectivity index (χ4n) is 4.01. The van der Waals surface area contributed by atoms with Crippen molar-refractivity contribution in [2.75, 3.05) is 6.61 Å². The van der Waals surface area contributed by atoms with E-state index in [0.29, 0.717) is 0 Å². The Balaban J connectivity index is 1.63. The first kappa shape index (κ1) is 21.0. The second-order valence-corrected chi connectivity index (χ2v) is 7.98. The minimum Gasteiger partial charge on any atom is -0.456 e. The Labute approximate surface area is 175 Å². The highest BCUT2D eigenvalue weighted by Crippen LogP contribution is 2.40. The van der Waals surface area contributed by atoms with Crippen molar-refractivity contribution in [2.24, 2.45) is 0 Å². The van der Waals surface area contributed by atoms with Crippen LogP contribution in [0.15, 0.2) is 60.7 Å². The highest BCUT2D eigenvalue weighted by Gasteiger charge is 2.58. The Kier molecular flexibility index (Phi) is 5.90. The van der Waals surface area contributed by atoms with Gasteiger partial charge in [-0.15, -0.1) is 0 Å². The average Bonchev–Trinajstić information content (AvgIpc) is 3.21. The predicted molar refractivity (Wildman–Crippen MR) is 106 cm³/mol. The molecule has 7 heteroatoms. The third-order valence-corrected chi connectivity index (χ3v) is 5.35. The van der Waals surface area contributed by atoms with Crippen molar-refractivity contribution in [2.45, 2.75) is 56.3 Å². The van der Waals surface area contributed by atoms with Gasteiger partial charge in [0.1, 0.15) is 18.1 Å². The van der Waals surface area contributed by atoms with Gasteiger partial charge in [-0.05, 0) is 25.0 Å². The van der Waals surface area contributed by atoms with Crippen molar-refractivity contribution in [3.8, 4) is 0 Å². The maximum Gasteiger partial charge on any atom is 0.318 e. The summed E-state index contributed by atoms with van der Waals surface area (Å²) in [5, 5.41) is 19.6. The fraction of sp³-hybridized carbons (Fsp3) is 0.435. The van der Waals surface area contributed by atoms with E-state index in [9.17, 15) is 15.0 Å². The molecule has 0 bridgehead atoms. The number of rotatable bonds is 6. The number of fused-ring (bicyclic) bond motifs is 1. The number of carbonyl (C=O) groups excluding carboxylic acids is 1. The Morgan fingerprint density at radius 3 is 2.13 bits per heavy atom. The lowest BCUT2D eigenvalue weighted by Crippen LogP contribution is -2.45. The molecule has 2 aromatic carbocycles. The highest BCUT2D eigenvalue weighted by atomic mass is 16.8. The molecule has 2 saturated heterocycles. The largest absolute Gasteiger partial charge is 0.456 e. The molecule has 0 aromatic heterocycles. The summed E-state index contributed by atoms with van der Waals surface area (Å²) in [6.45, 7) is 2.94. The monoisotopic (exact) mass is 414 g/mol. The summed E-state index contributed by atoms with van der Waals surface area (Å²) in [5.74, 6) is -2.06. The zero-order valence-electron chi connectivity index (χ0n) is 16.9. The third-order valence-electron chi connectivity index (χ3n) is 5.35. The molecule has 0 aliphatic carbocycles. The Morgan fingerprint density at radius 1 is 1.03 bits per heavy atom. The summed E-state index contributed by atoms with van der Waals surface area (Å²) in [4.78, 5) is 13.4. The number of benzene rings is 2. The van der Waals surface area contributed by atoms with Crippen LogP contribution in [0.1, 0.15) is 30.9 Å². The van der Waals surface area contributed by atoms with E-state index in [1.165, 1.54) is 0 Å². The minimum atomic E-state index is -1.24. The summed E-state index contributed by atoms with van der Waals surface area (Å²) in [5.41, 5.74) is 1.57. The summed E-state index contributed by atoms with van der Waals surface area (Å²) in [6, 6.07) is 18.7. The Hall–Kier alpha value is -2.29. The van der Waals surface area contributed by atoms with Gasteiger partial charge < -0.3 is 29.2 Å². The van der Waals surface area contributed by atoms with E-state index in [1.807, 2.05) is 60.7 Å². The molecule has 0 unspecified atom stereocenters. The van der Waals surface area contributed by atoms with Crippen LogP contribution in [0.4, 0.5) is 0 Å². The van der Waals surface area contributed by atoms with Crippen molar-refractivity contribution in [3.05, 3.63) is 71.8 Å². The molecule has 160 valence electrons. The van der Waals surface area contributed by atoms with E-state index < -0.39 is 55.0 Å². The van der Waals surface area contributed by atoms with Crippen molar-refractivity contribution < 1.29 is 34.0 Å². The second-order valence-electron chi connectivity index (χ2n) is 7.98. The van der Waals surface area contributed by atoms with E-state index in [4.69, 9.17) is 18.9 Å². The lowest BCUT2D eigenvalue weighted by Gasteiger charge is -2.29. The number of aliphatic hydroxyl groups is 2. The number of aliphatic hydroxyl groups excluding tert-OH is 2. The summed E-state index contributed by atoms with van der Waals surface area (Å²) in [6.07, 6.45) is -4.63. The summed E-state index contributed by atoms with van der Waals surface area (Å²) in [7, 11) is 0. The molecule has 2 aliphatic rings. The Morgan fingerprint density at radius 2 is 1.60 bits per heavy atom. The zero-order valence-corrected chi connectivity index (χ0v) is 16.9. The highest BCUT2D eigenvalue weighted by molar-refractivity contribution is 5.82. The first-order valence-corrected chi connectivity index (χ1v) is 10.00. The average molecular weight is 414 g/mol. The van der Waals surface area contributed by atoms with E-state index in [-0.39, 0.29) is 0 Å². The molecule has 4 rings (SSSR count). The normalized spacial score (nSPS) is 28.3. The van der Waals surface area contributed by atoms with Crippen molar-refractivity contribution >= 4 is 5.97 Å². The molecule has 0 spiro atoms. The zero-order chi connectivity index (χ0) is 21.3. The first-order chi connectivity index (χ1) is 14.4. The molecule has 2 heterocycles. The number of esters is 1. The van der Waals surface area contributed by atoms with Gasteiger partial charge in [0.15, 0.2) is 24.3 Å². The van der Waals surface area contributed by atoms with Gasteiger partial charge in [0, 0.05) is 0 Å². The molecule has 2 aromatic rings. The van der Waals surface area contributed by atoms with E-state index in [1.54, 1.807) is 13.8 Å². The molecule has 2 N–H and O–H groups in total. The number of hydrogen-bond donors (Lipinski definition) is 2. The van der Waals surface area contributed by atoms with Gasteiger partial charge in [0.2, 0.25) is 0 Å². The quantitative estimate of drug-likeness (QED) is 0.698. The van der Waals surface area contributed by atoms with Crippen molar-refractivity contribution in [1.29, 1.82) is 0 Å². The van der Waals surface area contributed by atoms with Gasteiger partial charge in [0.05, 0.1) is 6.61 Å². The summed E-state index contributed by atoms with van der Waals surface area (Å²) >= 11 is 0. The van der Waals surface area contributed by atoms with Crippen LogP contribution in [-0.2, 0) is 23.7 Å². The minimum absolute atomic E-state index is 0.495. The summed E-state index contributed by atoms with van der Waals surface area (Å²) < 4.78 is 23.2. The van der Waals surface area contributed by atoms with Crippen LogP contribution in [0.2, 0.25) is 0 Å². The van der Waals surface area contributed by atoms with Crippen LogP contribution in [-0.4, -0.2) is 59.3 Å². The lowest BCUT2D eigenvalue weighted by atomic mass is 9.91. The van der Waals surface area contributed by atoms with Crippen LogP contribution in [0.5, 0.6) is 0 Å². The molecule has 0 saturated carbocycles. The topological polar surface area (TPSA) is 94.5 Å². The van der Waals surface area contributed by atoms with Gasteiger partial charge in [-0.2, -0.15) is 0 Å². The molecule has 2 aliphatic heterocycles. The van der Waals surface area contributed by atoms with Crippen LogP contribution in [0.3, 0.4) is 0 Å². The maximum atomic E-state index is 13.4. The van der Waals surface area contributed by atoms with Crippen LogP contribution >= 0.6 is 0 Å². The van der Waals surface area contributed by atoms with Gasteiger partial charge in [-0.1, -0.05) is 60.7 Å². The third kappa shape index (κ3) is 4.12. The molecular weight excluding hydrogens is 388 g/mol. The molecule has 5 atom stereocenters. The Bertz CT molecular complexity index is 815. The lowest BCUT2D eigenvalue weighted by molar-refractivity contribution is -0.231. The number of hydrogen-bond acceptors (Lipinski definition) is 7. The standard InChI is InChI=1S/C23H26O7/c1-23(2)29-20-19(18(16(25)13-24)28-22(20)30-23)27-21(26)17(14-9-5-3-6-10-14)15-11-7-4-8-12-15/h3-12,16-20,22,24-25H,13H2,1-2H3/t16-,18-,19+,20-,22-/m1/s1. The van der Waals surface area contributed by atoms with Gasteiger partial charge >= 0.3 is 5.97 Å². The van der Waals surface area contributed by atoms with Crippen LogP contribution in [0, 0.1) is 0 Å². The van der Waals surface area contributed by atoms with Crippen molar-refractivity contribution in [1.82, 2.24) is 0 Å². The molecule has 0 amide bonds. The van der Waals surface area contributed by atoms with Crippen molar-refractivity contribution in [3.63, 3.8) is 0 Å². The SMILES string of the molecule is CC1(C)O[C@H]2O[C@H]([C@H](O)CO)[C@H](OC(=O)C(c3ccccc3)c3ccccc3)[C@H]2O1. The number of carbonyl (C=O) groups is 1. The smallest absolute Gasteiger partial charge is 0.318 e. The number of ether oxygens (including phenoxy) is 4. The van der Waals surface area contributed by atoms with E-state index >= 15 is 0 Å². The maximum absolute atomic E-state index is 13.4. The van der Waals surface area contributed by atoms with Gasteiger partial charge in [0.25, 0.3) is 0 Å². The van der Waals surface area contributed by atoms with Gasteiger partial charge in [-0.3, -0.25) is 4.79 Å². The molecule has 2 fully saturated rings. The predicted octanol–water partition coefficient (Wildman–Crippen LogP) is 1.96. The second kappa shape index (κ2) is 8.45. The molecular formula is C23H26O7. The fourth-order valence-corrected chi connectivity index (χ4v) is 4.01. The molecule has 30 heavy (non-hydrogen) atoms. The van der Waals surface area contributed by atoms with Gasteiger partial charge in [-0.25, -0.2) is 0 Å². The van der Waals surface area contributed by atoms with Crippen LogP contribution < -0.4 is 0 Å². The van der Waals surface area contributed by atoms with E-state index in [0.717, 1.165) is 11.1 Å². The van der Waals surface area contributed by atoms with Crippen LogP contribution in [0.25, 0.3) is 0 Å². The molecule has 0 radical (unpaired) electrons. The van der Waals surface area contributed by atoms with E-state index in [2.05, 4.69) is 0 Å².